The van der Waals surface area contributed by atoms with Crippen LogP contribution in [0.2, 0.25) is 0 Å². The summed E-state index contributed by atoms with van der Waals surface area (Å²) in [4.78, 5) is 36.4. The highest BCUT2D eigenvalue weighted by molar-refractivity contribution is 5.95. The second-order valence-electron chi connectivity index (χ2n) is 5.63. The Kier molecular flexibility index (Phi) is 4.20. The Bertz CT molecular complexity index is 734. The van der Waals surface area contributed by atoms with Gasteiger partial charge >= 0.3 is 6.09 Å². The van der Waals surface area contributed by atoms with E-state index in [0.717, 1.165) is 12.0 Å². The van der Waals surface area contributed by atoms with Crippen LogP contribution in [-0.4, -0.2) is 49.0 Å². The lowest BCUT2D eigenvalue weighted by Gasteiger charge is -2.23. The number of halogens is 1. The summed E-state index contributed by atoms with van der Waals surface area (Å²) in [5.74, 6) is -1.22. The fourth-order valence-electron chi connectivity index (χ4n) is 2.78. The van der Waals surface area contributed by atoms with Crippen LogP contribution in [0.15, 0.2) is 24.3 Å². The number of primary amides is 1. The number of cyclic esters (lactones) is 1. The Morgan fingerprint density at radius 2 is 2.21 bits per heavy atom. The molecule has 8 heteroatoms. The van der Waals surface area contributed by atoms with Crippen molar-refractivity contribution in [1.82, 2.24) is 4.90 Å². The van der Waals surface area contributed by atoms with Gasteiger partial charge in [0.25, 0.3) is 5.91 Å². The number of carbonyl (C=O) groups excluding carboxylic acids is 3. The molecule has 1 atom stereocenters. The first-order chi connectivity index (χ1) is 11.5. The highest BCUT2D eigenvalue weighted by Crippen LogP contribution is 2.29. The van der Waals surface area contributed by atoms with Gasteiger partial charge in [-0.25, -0.2) is 9.18 Å². The lowest BCUT2D eigenvalue weighted by molar-refractivity contribution is -0.124. The first-order valence-corrected chi connectivity index (χ1v) is 7.45. The highest BCUT2D eigenvalue weighted by atomic mass is 19.1. The Labute approximate surface area is 137 Å². The number of hydrogen-bond donors (Lipinski definition) is 1. The molecular formula is C16H16FN3O4. The maximum absolute atomic E-state index is 14.5. The molecule has 0 saturated carbocycles. The van der Waals surface area contributed by atoms with Gasteiger partial charge < -0.3 is 15.4 Å². The molecule has 24 heavy (non-hydrogen) atoms. The zero-order chi connectivity index (χ0) is 17.3. The zero-order valence-electron chi connectivity index (χ0n) is 12.8. The number of nitrogens with zero attached hydrogens (tertiary/aromatic N) is 2. The molecule has 1 saturated heterocycles. The van der Waals surface area contributed by atoms with Crippen molar-refractivity contribution in [2.24, 2.45) is 5.73 Å². The molecule has 2 heterocycles. The van der Waals surface area contributed by atoms with Gasteiger partial charge in [-0.05, 0) is 30.2 Å². The van der Waals surface area contributed by atoms with Crippen molar-refractivity contribution in [3.8, 4) is 0 Å². The lowest BCUT2D eigenvalue weighted by Crippen LogP contribution is -2.32. The van der Waals surface area contributed by atoms with E-state index in [0.29, 0.717) is 30.8 Å². The molecule has 2 N–H and O–H groups in total. The summed E-state index contributed by atoms with van der Waals surface area (Å²) in [6, 6.07) is 4.40. The number of nitrogens with two attached hydrogens (primary N) is 1. The second-order valence-corrected chi connectivity index (χ2v) is 5.63. The quantitative estimate of drug-likeness (QED) is 0.828. The van der Waals surface area contributed by atoms with Crippen LogP contribution in [0.3, 0.4) is 0 Å². The van der Waals surface area contributed by atoms with Crippen LogP contribution in [0.4, 0.5) is 14.9 Å². The van der Waals surface area contributed by atoms with Gasteiger partial charge in [0.1, 0.15) is 5.82 Å². The van der Waals surface area contributed by atoms with Gasteiger partial charge in [0.15, 0.2) is 6.10 Å². The first kappa shape index (κ1) is 16.0. The third-order valence-corrected chi connectivity index (χ3v) is 4.13. The molecule has 3 amide bonds. The summed E-state index contributed by atoms with van der Waals surface area (Å²) < 4.78 is 19.3. The van der Waals surface area contributed by atoms with Crippen LogP contribution in [-0.2, 0) is 14.3 Å². The number of amides is 3. The molecule has 2 aliphatic rings. The van der Waals surface area contributed by atoms with Crippen molar-refractivity contribution < 1.29 is 23.5 Å². The maximum Gasteiger partial charge on any atom is 0.415 e. The Morgan fingerprint density at radius 1 is 1.42 bits per heavy atom. The molecule has 1 aromatic rings. The topological polar surface area (TPSA) is 92.9 Å². The number of ether oxygens (including phenoxy) is 1. The number of benzene rings is 1. The average Bonchev–Trinajstić information content (AvgIpc) is 2.97. The number of hydrogen-bond acceptors (Lipinski definition) is 4. The van der Waals surface area contributed by atoms with Gasteiger partial charge in [0.05, 0.1) is 12.2 Å². The van der Waals surface area contributed by atoms with Crippen LogP contribution in [0.25, 0.3) is 5.57 Å². The Balaban J connectivity index is 1.81. The lowest BCUT2D eigenvalue weighted by atomic mass is 9.98. The van der Waals surface area contributed by atoms with Gasteiger partial charge in [-0.2, -0.15) is 0 Å². The molecule has 0 bridgehead atoms. The average molecular weight is 333 g/mol. The van der Waals surface area contributed by atoms with Crippen molar-refractivity contribution >= 4 is 29.7 Å². The Hall–Kier alpha value is -2.90. The third-order valence-electron chi connectivity index (χ3n) is 4.13. The van der Waals surface area contributed by atoms with Crippen molar-refractivity contribution in [2.45, 2.75) is 12.5 Å². The molecule has 3 rings (SSSR count). The molecule has 0 radical (unpaired) electrons. The van der Waals surface area contributed by atoms with E-state index in [2.05, 4.69) is 0 Å². The van der Waals surface area contributed by atoms with Crippen LogP contribution >= 0.6 is 0 Å². The summed E-state index contributed by atoms with van der Waals surface area (Å²) in [5.41, 5.74) is 6.67. The van der Waals surface area contributed by atoms with Crippen LogP contribution in [0.1, 0.15) is 12.0 Å². The first-order valence-electron chi connectivity index (χ1n) is 7.45. The summed E-state index contributed by atoms with van der Waals surface area (Å²) in [5, 5.41) is 0. The zero-order valence-corrected chi connectivity index (χ0v) is 12.8. The molecule has 7 nitrogen and oxygen atoms in total. The third kappa shape index (κ3) is 2.94. The molecule has 1 aromatic carbocycles. The monoisotopic (exact) mass is 333 g/mol. The predicted molar refractivity (Wildman–Crippen MR) is 83.4 cm³/mol. The van der Waals surface area contributed by atoms with Gasteiger partial charge in [0, 0.05) is 18.7 Å². The van der Waals surface area contributed by atoms with Crippen LogP contribution < -0.4 is 10.6 Å². The summed E-state index contributed by atoms with van der Waals surface area (Å²) in [6.07, 6.45) is 1.37. The molecule has 1 fully saturated rings. The van der Waals surface area contributed by atoms with Gasteiger partial charge in [-0.15, -0.1) is 0 Å². The molecule has 0 spiro atoms. The maximum atomic E-state index is 14.5. The van der Waals surface area contributed by atoms with Crippen molar-refractivity contribution in [3.63, 3.8) is 0 Å². The second kappa shape index (κ2) is 6.31. The van der Waals surface area contributed by atoms with Crippen molar-refractivity contribution in [3.05, 3.63) is 35.7 Å². The van der Waals surface area contributed by atoms with E-state index in [1.807, 2.05) is 6.08 Å². The number of anilines is 1. The van der Waals surface area contributed by atoms with E-state index in [4.69, 9.17) is 10.5 Å². The minimum absolute atomic E-state index is 0.0378. The van der Waals surface area contributed by atoms with Gasteiger partial charge in [-0.3, -0.25) is 14.5 Å². The number of rotatable bonds is 4. The van der Waals surface area contributed by atoms with E-state index in [9.17, 15) is 18.8 Å². The molecular weight excluding hydrogens is 317 g/mol. The molecule has 0 aliphatic carbocycles. The van der Waals surface area contributed by atoms with Gasteiger partial charge in [-0.1, -0.05) is 6.08 Å². The smallest absolute Gasteiger partial charge is 0.415 e. The highest BCUT2D eigenvalue weighted by Gasteiger charge is 2.36. The standard InChI is InChI=1S/C16H16FN3O4/c17-13-7-11(20-8-14(15(18)22)24-16(20)23)1-2-12(13)10-3-5-19(9-21)6-4-10/h1-3,7,9,14H,4-6,8H2,(H2,18,22)/t14-/m1/s1. The molecule has 2 aliphatic heterocycles. The van der Waals surface area contributed by atoms with E-state index in [1.165, 1.54) is 11.0 Å². The van der Waals surface area contributed by atoms with E-state index in [1.54, 1.807) is 17.0 Å². The van der Waals surface area contributed by atoms with Crippen molar-refractivity contribution in [2.75, 3.05) is 24.5 Å². The SMILES string of the molecule is NC(=O)[C@H]1CN(c2ccc(C3=CCN(C=O)CC3)c(F)c2)C(=O)O1. The van der Waals surface area contributed by atoms with E-state index in [-0.39, 0.29) is 6.54 Å². The predicted octanol–water partition coefficient (Wildman–Crippen LogP) is 0.882. The van der Waals surface area contributed by atoms with Gasteiger partial charge in [0.2, 0.25) is 6.41 Å². The summed E-state index contributed by atoms with van der Waals surface area (Å²) >= 11 is 0. The minimum atomic E-state index is -1.03. The fourth-order valence-corrected chi connectivity index (χ4v) is 2.78. The summed E-state index contributed by atoms with van der Waals surface area (Å²) in [7, 11) is 0. The van der Waals surface area contributed by atoms with Crippen LogP contribution in [0, 0.1) is 5.82 Å². The van der Waals surface area contributed by atoms with E-state index < -0.39 is 23.9 Å². The molecule has 126 valence electrons. The largest absolute Gasteiger partial charge is 0.434 e. The summed E-state index contributed by atoms with van der Waals surface area (Å²) in [6.45, 7) is 0.942. The van der Waals surface area contributed by atoms with Crippen LogP contribution in [0.5, 0.6) is 0 Å². The van der Waals surface area contributed by atoms with Crippen molar-refractivity contribution in [1.29, 1.82) is 0 Å². The molecule has 0 aromatic heterocycles. The minimum Gasteiger partial charge on any atom is -0.434 e. The Morgan fingerprint density at radius 3 is 2.75 bits per heavy atom. The fraction of sp³-hybridized carbons (Fsp3) is 0.312. The van der Waals surface area contributed by atoms with E-state index >= 15 is 0 Å². The number of carbonyl (C=O) groups is 3. The molecule has 0 unspecified atom stereocenters. The normalized spacial score (nSPS) is 20.6.